The maximum Gasteiger partial charge on any atom is 0.187 e. The van der Waals surface area contributed by atoms with Crippen LogP contribution in [0, 0.1) is 0 Å². The minimum absolute atomic E-state index is 0.0362. The zero-order chi connectivity index (χ0) is 16.4. The number of hydrogen-bond acceptors (Lipinski definition) is 3. The molecule has 0 bridgehead atoms. The lowest BCUT2D eigenvalue weighted by Crippen LogP contribution is -2.31. The molecule has 0 unspecified atom stereocenters. The van der Waals surface area contributed by atoms with Gasteiger partial charge < -0.3 is 5.73 Å². The molecule has 0 radical (unpaired) electrons. The largest absolute Gasteiger partial charge is 0.375 e. The molecule has 2 aromatic rings. The summed E-state index contributed by atoms with van der Waals surface area (Å²) in [7, 11) is 0. The first kappa shape index (κ1) is 16.3. The minimum Gasteiger partial charge on any atom is -0.375 e. The van der Waals surface area contributed by atoms with Crippen molar-refractivity contribution in [3.05, 3.63) is 64.7 Å². The van der Waals surface area contributed by atoms with E-state index >= 15 is 0 Å². The standard InChI is InChI=1S/C17H16ClN3S2/c1-23-14-8-4-12(5-9-14)16-10-15(20-21(16)17(19)22)11-2-6-13(18)7-3-11/h2-9,16H,10H2,1H3,(H2,19,22)/t16-/m0/s1. The summed E-state index contributed by atoms with van der Waals surface area (Å²) in [6.07, 6.45) is 2.82. The van der Waals surface area contributed by atoms with Crippen LogP contribution in [-0.2, 0) is 0 Å². The Kier molecular flexibility index (Phi) is 4.90. The van der Waals surface area contributed by atoms with Gasteiger partial charge in [-0.25, -0.2) is 5.01 Å². The Hall–Kier alpha value is -1.56. The number of hydrogen-bond donors (Lipinski definition) is 1. The van der Waals surface area contributed by atoms with Gasteiger partial charge in [0.1, 0.15) is 0 Å². The Morgan fingerprint density at radius 1 is 1.22 bits per heavy atom. The van der Waals surface area contributed by atoms with E-state index in [-0.39, 0.29) is 11.2 Å². The molecule has 0 aromatic heterocycles. The summed E-state index contributed by atoms with van der Waals surface area (Å²) in [5, 5.41) is 7.35. The number of halogens is 1. The van der Waals surface area contributed by atoms with Gasteiger partial charge in [0.05, 0.1) is 11.8 Å². The summed E-state index contributed by atoms with van der Waals surface area (Å²) in [6.45, 7) is 0. The number of benzene rings is 2. The van der Waals surface area contributed by atoms with Gasteiger partial charge in [-0.15, -0.1) is 11.8 Å². The fourth-order valence-corrected chi connectivity index (χ4v) is 3.32. The highest BCUT2D eigenvalue weighted by atomic mass is 35.5. The SMILES string of the molecule is CSc1ccc([C@@H]2CC(c3ccc(Cl)cc3)=NN2C(N)=S)cc1. The van der Waals surface area contributed by atoms with Crippen LogP contribution in [0.5, 0.6) is 0 Å². The highest BCUT2D eigenvalue weighted by Gasteiger charge is 2.30. The molecule has 2 N–H and O–H groups in total. The first-order chi connectivity index (χ1) is 11.1. The van der Waals surface area contributed by atoms with Crippen LogP contribution in [0.25, 0.3) is 0 Å². The van der Waals surface area contributed by atoms with Crippen LogP contribution in [0.4, 0.5) is 0 Å². The number of thiocarbonyl (C=S) groups is 1. The molecule has 3 nitrogen and oxygen atoms in total. The second kappa shape index (κ2) is 6.91. The zero-order valence-corrected chi connectivity index (χ0v) is 15.0. The smallest absolute Gasteiger partial charge is 0.187 e. The molecule has 6 heteroatoms. The van der Waals surface area contributed by atoms with Gasteiger partial charge in [-0.1, -0.05) is 35.9 Å². The predicted molar refractivity (Wildman–Crippen MR) is 102 cm³/mol. The lowest BCUT2D eigenvalue weighted by Gasteiger charge is -2.22. The molecule has 1 aliphatic rings. The second-order valence-corrected chi connectivity index (χ2v) is 6.96. The van der Waals surface area contributed by atoms with Crippen molar-refractivity contribution in [1.82, 2.24) is 5.01 Å². The zero-order valence-electron chi connectivity index (χ0n) is 12.6. The van der Waals surface area contributed by atoms with E-state index in [2.05, 4.69) is 35.6 Å². The van der Waals surface area contributed by atoms with E-state index in [1.165, 1.54) is 4.90 Å². The molecular formula is C17H16ClN3S2. The van der Waals surface area contributed by atoms with Gasteiger partial charge in [0.25, 0.3) is 0 Å². The van der Waals surface area contributed by atoms with Crippen molar-refractivity contribution in [2.24, 2.45) is 10.8 Å². The van der Waals surface area contributed by atoms with Crippen molar-refractivity contribution in [2.45, 2.75) is 17.4 Å². The minimum atomic E-state index is 0.0362. The third-order valence-electron chi connectivity index (χ3n) is 3.81. The van der Waals surface area contributed by atoms with E-state index in [0.717, 1.165) is 23.3 Å². The summed E-state index contributed by atoms with van der Waals surface area (Å²) in [5.74, 6) is 0. The van der Waals surface area contributed by atoms with Crippen molar-refractivity contribution in [1.29, 1.82) is 0 Å². The molecule has 1 aliphatic heterocycles. The van der Waals surface area contributed by atoms with Crippen LogP contribution < -0.4 is 5.73 Å². The predicted octanol–water partition coefficient (Wildman–Crippen LogP) is 4.46. The summed E-state index contributed by atoms with van der Waals surface area (Å²) in [6, 6.07) is 16.2. The second-order valence-electron chi connectivity index (χ2n) is 5.23. The Morgan fingerprint density at radius 3 is 2.43 bits per heavy atom. The Labute approximate surface area is 150 Å². The van der Waals surface area contributed by atoms with Crippen LogP contribution >= 0.6 is 35.6 Å². The Morgan fingerprint density at radius 2 is 1.87 bits per heavy atom. The van der Waals surface area contributed by atoms with Crippen LogP contribution in [0.2, 0.25) is 5.02 Å². The average Bonchev–Trinajstić information content (AvgIpc) is 3.01. The van der Waals surface area contributed by atoms with Gasteiger partial charge in [0.2, 0.25) is 0 Å². The van der Waals surface area contributed by atoms with Gasteiger partial charge in [0, 0.05) is 16.3 Å². The number of rotatable bonds is 3. The molecule has 23 heavy (non-hydrogen) atoms. The third kappa shape index (κ3) is 3.52. The first-order valence-corrected chi connectivity index (χ1v) is 9.15. The molecule has 0 fully saturated rings. The number of nitrogens with two attached hydrogens (primary N) is 1. The molecule has 0 aliphatic carbocycles. The van der Waals surface area contributed by atoms with E-state index in [9.17, 15) is 0 Å². The fourth-order valence-electron chi connectivity index (χ4n) is 2.62. The van der Waals surface area contributed by atoms with E-state index < -0.39 is 0 Å². The summed E-state index contributed by atoms with van der Waals surface area (Å²) in [4.78, 5) is 1.23. The number of nitrogens with zero attached hydrogens (tertiary/aromatic N) is 2. The van der Waals surface area contributed by atoms with Crippen molar-refractivity contribution in [3.8, 4) is 0 Å². The van der Waals surface area contributed by atoms with E-state index in [1.54, 1.807) is 16.8 Å². The van der Waals surface area contributed by atoms with E-state index in [4.69, 9.17) is 29.6 Å². The van der Waals surface area contributed by atoms with Crippen molar-refractivity contribution >= 4 is 46.4 Å². The van der Waals surface area contributed by atoms with Crippen LogP contribution in [0.15, 0.2) is 58.5 Å². The quantitative estimate of drug-likeness (QED) is 0.647. The maximum atomic E-state index is 5.96. The van der Waals surface area contributed by atoms with Crippen molar-refractivity contribution in [3.63, 3.8) is 0 Å². The monoisotopic (exact) mass is 361 g/mol. The van der Waals surface area contributed by atoms with Crippen LogP contribution in [0.1, 0.15) is 23.6 Å². The lowest BCUT2D eigenvalue weighted by molar-refractivity contribution is 0.372. The third-order valence-corrected chi connectivity index (χ3v) is 5.00. The van der Waals surface area contributed by atoms with Crippen molar-refractivity contribution < 1.29 is 0 Å². The van der Waals surface area contributed by atoms with Gasteiger partial charge in [-0.3, -0.25) is 0 Å². The van der Waals surface area contributed by atoms with Crippen LogP contribution in [-0.4, -0.2) is 22.1 Å². The normalized spacial score (nSPS) is 17.2. The Bertz CT molecular complexity index is 741. The van der Waals surface area contributed by atoms with Crippen LogP contribution in [0.3, 0.4) is 0 Å². The molecule has 3 rings (SSSR count). The highest BCUT2D eigenvalue weighted by molar-refractivity contribution is 7.98. The maximum absolute atomic E-state index is 5.96. The summed E-state index contributed by atoms with van der Waals surface area (Å²) >= 11 is 12.9. The highest BCUT2D eigenvalue weighted by Crippen LogP contribution is 2.33. The van der Waals surface area contributed by atoms with Crippen molar-refractivity contribution in [2.75, 3.05) is 6.26 Å². The molecular weight excluding hydrogens is 346 g/mol. The molecule has 118 valence electrons. The molecule has 0 amide bonds. The van der Waals surface area contributed by atoms with Gasteiger partial charge >= 0.3 is 0 Å². The average molecular weight is 362 g/mol. The Balaban J connectivity index is 1.90. The summed E-state index contributed by atoms with van der Waals surface area (Å²) in [5.41, 5.74) is 9.03. The van der Waals surface area contributed by atoms with E-state index in [0.29, 0.717) is 5.02 Å². The summed E-state index contributed by atoms with van der Waals surface area (Å²) < 4.78 is 0. The molecule has 0 saturated heterocycles. The molecule has 1 atom stereocenters. The fraction of sp³-hybridized carbons (Fsp3) is 0.176. The molecule has 0 saturated carbocycles. The topological polar surface area (TPSA) is 41.6 Å². The number of hydrazone groups is 1. The number of thioether (sulfide) groups is 1. The molecule has 1 heterocycles. The lowest BCUT2D eigenvalue weighted by atomic mass is 9.99. The van der Waals surface area contributed by atoms with Gasteiger partial charge in [0.15, 0.2) is 5.11 Å². The first-order valence-electron chi connectivity index (χ1n) is 7.14. The van der Waals surface area contributed by atoms with Gasteiger partial charge in [-0.2, -0.15) is 5.10 Å². The van der Waals surface area contributed by atoms with E-state index in [1.807, 2.05) is 24.3 Å². The molecule has 2 aromatic carbocycles. The molecule has 0 spiro atoms. The van der Waals surface area contributed by atoms with Gasteiger partial charge in [-0.05, 0) is 53.9 Å².